The second-order valence-corrected chi connectivity index (χ2v) is 6.78. The van der Waals surface area contributed by atoms with Crippen molar-refractivity contribution in [2.24, 2.45) is 0 Å². The maximum absolute atomic E-state index is 13.9. The van der Waals surface area contributed by atoms with Crippen LogP contribution < -0.4 is 16.2 Å². The van der Waals surface area contributed by atoms with Gasteiger partial charge >= 0.3 is 5.97 Å². The van der Waals surface area contributed by atoms with Gasteiger partial charge in [-0.25, -0.2) is 9.82 Å². The highest BCUT2D eigenvalue weighted by Gasteiger charge is 2.31. The Morgan fingerprint density at radius 1 is 1.29 bits per heavy atom. The van der Waals surface area contributed by atoms with Crippen molar-refractivity contribution in [1.29, 1.82) is 0 Å². The highest BCUT2D eigenvalue weighted by atomic mass is 19.1. The number of amides is 1. The maximum atomic E-state index is 13.9. The quantitative estimate of drug-likeness (QED) is 0.711. The normalized spacial score (nSPS) is 20.7. The first kappa shape index (κ1) is 18.4. The molecule has 7 heteroatoms. The Labute approximate surface area is 141 Å². The zero-order valence-electron chi connectivity index (χ0n) is 14.2. The first-order chi connectivity index (χ1) is 11.3. The van der Waals surface area contributed by atoms with E-state index in [0.717, 1.165) is 0 Å². The van der Waals surface area contributed by atoms with Gasteiger partial charge in [0.2, 0.25) is 5.91 Å². The number of rotatable bonds is 5. The van der Waals surface area contributed by atoms with Crippen molar-refractivity contribution < 1.29 is 18.7 Å². The van der Waals surface area contributed by atoms with Crippen molar-refractivity contribution in [1.82, 2.24) is 16.2 Å². The molecule has 1 amide bonds. The van der Waals surface area contributed by atoms with Gasteiger partial charge in [-0.1, -0.05) is 18.2 Å². The van der Waals surface area contributed by atoms with E-state index in [1.807, 2.05) is 0 Å². The topological polar surface area (TPSA) is 79.5 Å². The van der Waals surface area contributed by atoms with Gasteiger partial charge in [-0.15, -0.1) is 0 Å². The summed E-state index contributed by atoms with van der Waals surface area (Å²) in [5.74, 6) is -1.00. The van der Waals surface area contributed by atoms with Crippen LogP contribution in [0.1, 0.15) is 45.2 Å². The smallest absolute Gasteiger partial charge is 0.306 e. The number of hydrogen-bond acceptors (Lipinski definition) is 5. The highest BCUT2D eigenvalue weighted by Crippen LogP contribution is 2.22. The molecule has 2 unspecified atom stereocenters. The molecule has 0 bridgehead atoms. The Morgan fingerprint density at radius 2 is 2.00 bits per heavy atom. The second kappa shape index (κ2) is 7.72. The van der Waals surface area contributed by atoms with Crippen molar-refractivity contribution >= 4 is 11.9 Å². The lowest BCUT2D eigenvalue weighted by molar-refractivity contribution is -0.155. The SMILES string of the molecule is CC(C)(C)OC(=O)CCC(=O)NC1CNNC1c1ccccc1F. The molecule has 1 aliphatic rings. The summed E-state index contributed by atoms with van der Waals surface area (Å²) < 4.78 is 19.1. The van der Waals surface area contributed by atoms with Crippen molar-refractivity contribution in [2.45, 2.75) is 51.3 Å². The maximum Gasteiger partial charge on any atom is 0.306 e. The summed E-state index contributed by atoms with van der Waals surface area (Å²) in [6.45, 7) is 5.80. The van der Waals surface area contributed by atoms with Gasteiger partial charge < -0.3 is 10.1 Å². The number of carbonyl (C=O) groups is 2. The van der Waals surface area contributed by atoms with Gasteiger partial charge in [0.1, 0.15) is 11.4 Å². The number of hydrogen-bond donors (Lipinski definition) is 3. The van der Waals surface area contributed by atoms with E-state index in [4.69, 9.17) is 4.74 Å². The first-order valence-corrected chi connectivity index (χ1v) is 8.00. The predicted octanol–water partition coefficient (Wildman–Crippen LogP) is 1.58. The lowest BCUT2D eigenvalue weighted by atomic mass is 10.0. The van der Waals surface area contributed by atoms with E-state index in [0.29, 0.717) is 12.1 Å². The second-order valence-electron chi connectivity index (χ2n) is 6.78. The van der Waals surface area contributed by atoms with E-state index in [1.54, 1.807) is 39.0 Å². The van der Waals surface area contributed by atoms with Crippen LogP contribution in [0.5, 0.6) is 0 Å². The van der Waals surface area contributed by atoms with Crippen molar-refractivity contribution in [3.05, 3.63) is 35.6 Å². The molecule has 0 aromatic heterocycles. The summed E-state index contributed by atoms with van der Waals surface area (Å²) in [5, 5.41) is 2.83. The van der Waals surface area contributed by atoms with Crippen LogP contribution in [0.3, 0.4) is 0 Å². The molecule has 0 radical (unpaired) electrons. The van der Waals surface area contributed by atoms with E-state index < -0.39 is 11.6 Å². The number of esters is 1. The standard InChI is InChI=1S/C17H24FN3O3/c1-17(2,3)24-15(23)9-8-14(22)20-13-10-19-21-16(13)11-6-4-5-7-12(11)18/h4-7,13,16,19,21H,8-10H2,1-3H3,(H,20,22). The first-order valence-electron chi connectivity index (χ1n) is 8.00. The lowest BCUT2D eigenvalue weighted by Crippen LogP contribution is -2.40. The minimum atomic E-state index is -0.567. The Kier molecular flexibility index (Phi) is 5.90. The Morgan fingerprint density at radius 3 is 2.67 bits per heavy atom. The minimum absolute atomic E-state index is 0.0149. The molecule has 2 atom stereocenters. The van der Waals surface area contributed by atoms with Crippen LogP contribution in [0, 0.1) is 5.82 Å². The predicted molar refractivity (Wildman–Crippen MR) is 87.3 cm³/mol. The van der Waals surface area contributed by atoms with Gasteiger partial charge in [0.25, 0.3) is 0 Å². The van der Waals surface area contributed by atoms with Crippen LogP contribution in [0.2, 0.25) is 0 Å². The molecule has 1 fully saturated rings. The average molecular weight is 337 g/mol. The molecule has 1 heterocycles. The largest absolute Gasteiger partial charge is 0.460 e. The van der Waals surface area contributed by atoms with Crippen LogP contribution in [-0.4, -0.2) is 30.1 Å². The molecule has 132 valence electrons. The van der Waals surface area contributed by atoms with E-state index in [1.165, 1.54) is 6.07 Å². The molecular weight excluding hydrogens is 313 g/mol. The van der Waals surface area contributed by atoms with Crippen molar-refractivity contribution in [2.75, 3.05) is 6.54 Å². The fourth-order valence-corrected chi connectivity index (χ4v) is 2.54. The minimum Gasteiger partial charge on any atom is -0.460 e. The number of nitrogens with one attached hydrogen (secondary N) is 3. The molecular formula is C17H24FN3O3. The van der Waals surface area contributed by atoms with E-state index >= 15 is 0 Å². The molecule has 1 aromatic carbocycles. The van der Waals surface area contributed by atoms with E-state index in [9.17, 15) is 14.0 Å². The van der Waals surface area contributed by atoms with E-state index in [-0.39, 0.29) is 36.6 Å². The number of ether oxygens (including phenoxy) is 1. The Hall–Kier alpha value is -1.99. The Balaban J connectivity index is 1.87. The van der Waals surface area contributed by atoms with Gasteiger partial charge in [0.15, 0.2) is 0 Å². The molecule has 1 aliphatic heterocycles. The van der Waals surface area contributed by atoms with Crippen molar-refractivity contribution in [3.8, 4) is 0 Å². The fourth-order valence-electron chi connectivity index (χ4n) is 2.54. The molecule has 2 rings (SSSR count). The van der Waals surface area contributed by atoms with Gasteiger partial charge in [-0.3, -0.25) is 15.0 Å². The van der Waals surface area contributed by atoms with Crippen LogP contribution in [0.4, 0.5) is 4.39 Å². The van der Waals surface area contributed by atoms with E-state index in [2.05, 4.69) is 16.2 Å². The molecule has 0 aliphatic carbocycles. The summed E-state index contributed by atoms with van der Waals surface area (Å²) in [5.41, 5.74) is 5.81. The number of benzene rings is 1. The van der Waals surface area contributed by atoms with Crippen LogP contribution in [0.25, 0.3) is 0 Å². The third kappa shape index (κ3) is 5.28. The molecule has 1 aromatic rings. The molecule has 24 heavy (non-hydrogen) atoms. The molecule has 0 spiro atoms. The number of halogens is 1. The summed E-state index contributed by atoms with van der Waals surface area (Å²) in [6, 6.07) is 5.77. The van der Waals surface area contributed by atoms with Crippen LogP contribution in [-0.2, 0) is 14.3 Å². The fraction of sp³-hybridized carbons (Fsp3) is 0.529. The summed E-state index contributed by atoms with van der Waals surface area (Å²) in [4.78, 5) is 23.7. The molecule has 6 nitrogen and oxygen atoms in total. The number of carbonyl (C=O) groups excluding carboxylic acids is 2. The third-order valence-electron chi connectivity index (χ3n) is 3.54. The monoisotopic (exact) mass is 337 g/mol. The zero-order valence-corrected chi connectivity index (χ0v) is 14.2. The number of hydrazine groups is 1. The third-order valence-corrected chi connectivity index (χ3v) is 3.54. The summed E-state index contributed by atoms with van der Waals surface area (Å²) in [7, 11) is 0. The molecule has 1 saturated heterocycles. The average Bonchev–Trinajstić information content (AvgIpc) is 2.92. The zero-order chi connectivity index (χ0) is 17.7. The van der Waals surface area contributed by atoms with Gasteiger partial charge in [-0.2, -0.15) is 0 Å². The van der Waals surface area contributed by atoms with Crippen molar-refractivity contribution in [3.63, 3.8) is 0 Å². The highest BCUT2D eigenvalue weighted by molar-refractivity contribution is 5.81. The van der Waals surface area contributed by atoms with Gasteiger partial charge in [0.05, 0.1) is 18.5 Å². The van der Waals surface area contributed by atoms with Crippen LogP contribution >= 0.6 is 0 Å². The van der Waals surface area contributed by atoms with Gasteiger partial charge in [0, 0.05) is 18.5 Å². The van der Waals surface area contributed by atoms with Crippen LogP contribution in [0.15, 0.2) is 24.3 Å². The summed E-state index contributed by atoms with van der Waals surface area (Å²) >= 11 is 0. The van der Waals surface area contributed by atoms with Gasteiger partial charge in [-0.05, 0) is 26.8 Å². The Bertz CT molecular complexity index is 601. The molecule has 3 N–H and O–H groups in total. The summed E-state index contributed by atoms with van der Waals surface area (Å²) in [6.07, 6.45) is 0.0520. The lowest BCUT2D eigenvalue weighted by Gasteiger charge is -2.21. The molecule has 0 saturated carbocycles.